The van der Waals surface area contributed by atoms with Crippen LogP contribution >= 0.6 is 0 Å². The zero-order valence-corrected chi connectivity index (χ0v) is 18.0. The molecule has 0 amide bonds. The molecule has 0 saturated heterocycles. The molecule has 9 heteroatoms. The Hall–Kier alpha value is -4.53. The van der Waals surface area contributed by atoms with Crippen LogP contribution in [0.2, 0.25) is 0 Å². The third-order valence-corrected chi connectivity index (χ3v) is 5.32. The number of alkyl halides is 3. The number of ether oxygens (including phenoxy) is 2. The predicted octanol–water partition coefficient (Wildman–Crippen LogP) is 6.45. The molecule has 0 saturated carbocycles. The largest absolute Gasteiger partial charge is 0.493 e. The lowest BCUT2D eigenvalue weighted by atomic mass is 10.0. The summed E-state index contributed by atoms with van der Waals surface area (Å²) in [7, 11) is 1.45. The molecule has 0 atom stereocenters. The fourth-order valence-corrected chi connectivity index (χ4v) is 3.76. The molecule has 0 bridgehead atoms. The summed E-state index contributed by atoms with van der Waals surface area (Å²) in [5.41, 5.74) is -1.40. The molecule has 5 rings (SSSR count). The molecular weight excluding hydrogens is 465 g/mol. The van der Waals surface area contributed by atoms with Crippen LogP contribution < -0.4 is 14.9 Å². The molecule has 0 fully saturated rings. The van der Waals surface area contributed by atoms with Gasteiger partial charge in [-0.2, -0.15) is 13.2 Å². The van der Waals surface area contributed by atoms with Crippen molar-refractivity contribution in [3.05, 3.63) is 94.5 Å². The van der Waals surface area contributed by atoms with E-state index in [-0.39, 0.29) is 28.0 Å². The molecule has 3 aromatic carbocycles. The Bertz CT molecular complexity index is 1630. The minimum Gasteiger partial charge on any atom is -0.493 e. The van der Waals surface area contributed by atoms with Gasteiger partial charge in [0.05, 0.1) is 18.1 Å². The Kier molecular flexibility index (Phi) is 5.32. The average Bonchev–Trinajstić information content (AvgIpc) is 3.28. The van der Waals surface area contributed by atoms with Gasteiger partial charge in [0.2, 0.25) is 16.9 Å². The Morgan fingerprint density at radius 3 is 2.40 bits per heavy atom. The third-order valence-electron chi connectivity index (χ3n) is 5.32. The second-order valence-corrected chi connectivity index (χ2v) is 7.54. The van der Waals surface area contributed by atoms with Crippen molar-refractivity contribution in [2.24, 2.45) is 0 Å². The summed E-state index contributed by atoms with van der Waals surface area (Å²) >= 11 is 0. The van der Waals surface area contributed by atoms with Crippen molar-refractivity contribution >= 4 is 27.9 Å². The predicted molar refractivity (Wildman–Crippen MR) is 121 cm³/mol. The van der Waals surface area contributed by atoms with Crippen molar-refractivity contribution in [2.75, 3.05) is 7.11 Å². The van der Waals surface area contributed by atoms with Gasteiger partial charge in [-0.3, -0.25) is 4.79 Å². The van der Waals surface area contributed by atoms with Gasteiger partial charge >= 0.3 is 12.1 Å². The van der Waals surface area contributed by atoms with Crippen molar-refractivity contribution in [3.63, 3.8) is 0 Å². The van der Waals surface area contributed by atoms with E-state index < -0.39 is 28.9 Å². The van der Waals surface area contributed by atoms with Crippen LogP contribution in [0.5, 0.6) is 11.5 Å². The lowest BCUT2D eigenvalue weighted by Gasteiger charge is -2.13. The van der Waals surface area contributed by atoms with E-state index in [1.807, 2.05) is 0 Å². The number of methoxy groups -OCH3 is 1. The first-order valence-electron chi connectivity index (χ1n) is 10.3. The standard InChI is InChI=1S/C26H15F3O6/c1-32-18-9-5-8-15-12-20(34-23(15)18)25(31)33-16-10-11-17-19(13-16)35-24(26(27,28)29)21(22(17)30)14-6-3-2-4-7-14/h2-13H,1H3. The molecule has 176 valence electrons. The van der Waals surface area contributed by atoms with Gasteiger partial charge < -0.3 is 18.3 Å². The molecule has 0 aliphatic rings. The molecule has 0 aliphatic heterocycles. The SMILES string of the molecule is COc1cccc2cc(C(=O)Oc3ccc4c(=O)c(-c5ccccc5)c(C(F)(F)F)oc4c3)oc12. The number of carbonyl (C=O) groups excluding carboxylic acids is 1. The Labute approximate surface area is 195 Å². The van der Waals surface area contributed by atoms with Crippen LogP contribution in [0, 0.1) is 0 Å². The normalized spacial score (nSPS) is 11.7. The number of hydrogen-bond donors (Lipinski definition) is 0. The zero-order chi connectivity index (χ0) is 24.7. The highest BCUT2D eigenvalue weighted by molar-refractivity contribution is 5.95. The molecule has 0 aliphatic carbocycles. The van der Waals surface area contributed by atoms with Crippen LogP contribution in [0.4, 0.5) is 13.2 Å². The molecular formula is C26H15F3O6. The maximum Gasteiger partial charge on any atom is 0.450 e. The van der Waals surface area contributed by atoms with Gasteiger partial charge in [0.1, 0.15) is 11.3 Å². The summed E-state index contributed by atoms with van der Waals surface area (Å²) in [6.07, 6.45) is -4.93. The Balaban J connectivity index is 1.56. The summed E-state index contributed by atoms with van der Waals surface area (Å²) < 4.78 is 62.5. The van der Waals surface area contributed by atoms with E-state index in [0.29, 0.717) is 16.7 Å². The van der Waals surface area contributed by atoms with E-state index in [9.17, 15) is 22.8 Å². The molecule has 35 heavy (non-hydrogen) atoms. The lowest BCUT2D eigenvalue weighted by molar-refractivity contribution is -0.152. The molecule has 0 radical (unpaired) electrons. The number of esters is 1. The van der Waals surface area contributed by atoms with Crippen molar-refractivity contribution in [1.82, 2.24) is 0 Å². The fraction of sp³-hybridized carbons (Fsp3) is 0.0769. The van der Waals surface area contributed by atoms with Gasteiger partial charge in [-0.15, -0.1) is 0 Å². The first-order valence-corrected chi connectivity index (χ1v) is 10.3. The lowest BCUT2D eigenvalue weighted by Crippen LogP contribution is -2.16. The number of hydrogen-bond acceptors (Lipinski definition) is 6. The summed E-state index contributed by atoms with van der Waals surface area (Å²) in [6.45, 7) is 0. The number of para-hydroxylation sites is 1. The number of benzene rings is 3. The van der Waals surface area contributed by atoms with Crippen LogP contribution in [-0.4, -0.2) is 13.1 Å². The monoisotopic (exact) mass is 480 g/mol. The second-order valence-electron chi connectivity index (χ2n) is 7.54. The topological polar surface area (TPSA) is 78.9 Å². The molecule has 0 spiro atoms. The van der Waals surface area contributed by atoms with Crippen LogP contribution in [-0.2, 0) is 6.18 Å². The fourth-order valence-electron chi connectivity index (χ4n) is 3.76. The summed E-state index contributed by atoms with van der Waals surface area (Å²) in [4.78, 5) is 25.6. The first kappa shape index (κ1) is 22.3. The Morgan fingerprint density at radius 1 is 0.914 bits per heavy atom. The minimum atomic E-state index is -4.93. The highest BCUT2D eigenvalue weighted by atomic mass is 19.4. The van der Waals surface area contributed by atoms with Crippen molar-refractivity contribution < 1.29 is 36.3 Å². The van der Waals surface area contributed by atoms with Gasteiger partial charge in [-0.25, -0.2) is 4.79 Å². The van der Waals surface area contributed by atoms with Gasteiger partial charge in [0.15, 0.2) is 11.3 Å². The smallest absolute Gasteiger partial charge is 0.450 e. The van der Waals surface area contributed by atoms with Gasteiger partial charge in [-0.1, -0.05) is 42.5 Å². The average molecular weight is 480 g/mol. The van der Waals surface area contributed by atoms with Gasteiger partial charge in [-0.05, 0) is 29.8 Å². The Morgan fingerprint density at radius 2 is 1.69 bits per heavy atom. The quantitative estimate of drug-likeness (QED) is 0.217. The van der Waals surface area contributed by atoms with Crippen LogP contribution in [0.3, 0.4) is 0 Å². The number of fused-ring (bicyclic) bond motifs is 2. The number of rotatable bonds is 4. The molecule has 2 heterocycles. The second kappa shape index (κ2) is 8.35. The summed E-state index contributed by atoms with van der Waals surface area (Å²) in [6, 6.07) is 17.6. The molecule has 6 nitrogen and oxygen atoms in total. The number of furan rings is 1. The van der Waals surface area contributed by atoms with E-state index in [4.69, 9.17) is 18.3 Å². The van der Waals surface area contributed by atoms with Crippen LogP contribution in [0.15, 0.2) is 86.4 Å². The van der Waals surface area contributed by atoms with Crippen molar-refractivity contribution in [2.45, 2.75) is 6.18 Å². The van der Waals surface area contributed by atoms with Crippen LogP contribution in [0.25, 0.3) is 33.1 Å². The van der Waals surface area contributed by atoms with Gasteiger partial charge in [0.25, 0.3) is 0 Å². The number of halogens is 3. The maximum atomic E-state index is 13.8. The van der Waals surface area contributed by atoms with E-state index in [1.165, 1.54) is 49.6 Å². The van der Waals surface area contributed by atoms with E-state index in [1.54, 1.807) is 24.3 Å². The maximum absolute atomic E-state index is 13.8. The minimum absolute atomic E-state index is 0.0753. The first-order chi connectivity index (χ1) is 16.8. The highest BCUT2D eigenvalue weighted by Crippen LogP contribution is 2.38. The summed E-state index contributed by atoms with van der Waals surface area (Å²) in [5.74, 6) is -2.17. The van der Waals surface area contributed by atoms with E-state index >= 15 is 0 Å². The van der Waals surface area contributed by atoms with E-state index in [0.717, 1.165) is 6.07 Å². The number of carbonyl (C=O) groups is 1. The molecule has 0 N–H and O–H groups in total. The van der Waals surface area contributed by atoms with Crippen LogP contribution in [0.1, 0.15) is 16.3 Å². The molecule has 2 aromatic heterocycles. The summed E-state index contributed by atoms with van der Waals surface area (Å²) in [5, 5.41) is 0.509. The van der Waals surface area contributed by atoms with Crippen molar-refractivity contribution in [1.29, 1.82) is 0 Å². The molecule has 0 unspecified atom stereocenters. The van der Waals surface area contributed by atoms with Gasteiger partial charge in [0, 0.05) is 11.5 Å². The highest BCUT2D eigenvalue weighted by Gasteiger charge is 2.39. The van der Waals surface area contributed by atoms with Crippen molar-refractivity contribution in [3.8, 4) is 22.6 Å². The zero-order valence-electron chi connectivity index (χ0n) is 18.0. The third kappa shape index (κ3) is 4.01. The van der Waals surface area contributed by atoms with E-state index in [2.05, 4.69) is 0 Å². The molecule has 5 aromatic rings.